The Kier molecular flexibility index (Phi) is 4.91. The van der Waals surface area contributed by atoms with E-state index in [0.717, 1.165) is 37.9 Å². The maximum absolute atomic E-state index is 13.0. The molecule has 1 aromatic carbocycles. The lowest BCUT2D eigenvalue weighted by atomic mass is 9.73. The zero-order valence-corrected chi connectivity index (χ0v) is 15.4. The Balaban J connectivity index is 1.50. The molecule has 1 saturated heterocycles. The van der Waals surface area contributed by atoms with Gasteiger partial charge in [0.1, 0.15) is 0 Å². The summed E-state index contributed by atoms with van der Waals surface area (Å²) in [6, 6.07) is 14.5. The van der Waals surface area contributed by atoms with E-state index in [2.05, 4.69) is 39.5 Å². The van der Waals surface area contributed by atoms with Gasteiger partial charge in [-0.3, -0.25) is 14.7 Å². The van der Waals surface area contributed by atoms with Gasteiger partial charge >= 0.3 is 0 Å². The highest BCUT2D eigenvalue weighted by Gasteiger charge is 2.47. The zero-order chi connectivity index (χ0) is 18.7. The molecule has 1 N–H and O–H groups in total. The van der Waals surface area contributed by atoms with Gasteiger partial charge in [0.2, 0.25) is 5.91 Å². The van der Waals surface area contributed by atoms with Crippen molar-refractivity contribution in [2.45, 2.75) is 37.1 Å². The number of aromatic nitrogens is 1. The van der Waals surface area contributed by atoms with E-state index in [0.29, 0.717) is 13.1 Å². The highest BCUT2D eigenvalue weighted by molar-refractivity contribution is 5.85. The van der Waals surface area contributed by atoms with Crippen LogP contribution in [0.1, 0.15) is 41.9 Å². The van der Waals surface area contributed by atoms with Crippen molar-refractivity contribution in [3.63, 3.8) is 0 Å². The minimum absolute atomic E-state index is 0.0683. The lowest BCUT2D eigenvalue weighted by Gasteiger charge is -2.39. The van der Waals surface area contributed by atoms with E-state index in [9.17, 15) is 4.79 Å². The van der Waals surface area contributed by atoms with Gasteiger partial charge in [0.25, 0.3) is 0 Å². The van der Waals surface area contributed by atoms with Crippen LogP contribution in [0.2, 0.25) is 0 Å². The molecule has 1 unspecified atom stereocenters. The molecule has 138 valence electrons. The van der Waals surface area contributed by atoms with Crippen LogP contribution in [0.15, 0.2) is 48.8 Å². The molecule has 1 fully saturated rings. The van der Waals surface area contributed by atoms with Crippen molar-refractivity contribution < 1.29 is 4.79 Å². The monoisotopic (exact) mass is 360 g/mol. The molecule has 1 aliphatic heterocycles. The Labute approximate surface area is 160 Å². The smallest absolute Gasteiger partial charge is 0.227 e. The van der Waals surface area contributed by atoms with Crippen LogP contribution < -0.4 is 5.32 Å². The molecular weight excluding hydrogens is 336 g/mol. The summed E-state index contributed by atoms with van der Waals surface area (Å²) < 4.78 is 0. The molecule has 2 aliphatic rings. The van der Waals surface area contributed by atoms with Crippen LogP contribution in [0, 0.1) is 11.3 Å². The van der Waals surface area contributed by atoms with Crippen LogP contribution in [-0.2, 0) is 16.8 Å². The van der Waals surface area contributed by atoms with Crippen LogP contribution in [0.3, 0.4) is 0 Å². The number of carbonyl (C=O) groups is 1. The van der Waals surface area contributed by atoms with Gasteiger partial charge in [-0.15, -0.1) is 0 Å². The molecule has 1 amide bonds. The van der Waals surface area contributed by atoms with Gasteiger partial charge in [0, 0.05) is 18.9 Å². The summed E-state index contributed by atoms with van der Waals surface area (Å²) in [5, 5.41) is 12.1. The highest BCUT2D eigenvalue weighted by Crippen LogP contribution is 2.51. The number of benzene rings is 1. The van der Waals surface area contributed by atoms with E-state index in [1.165, 1.54) is 11.1 Å². The van der Waals surface area contributed by atoms with Crippen molar-refractivity contribution in [2.75, 3.05) is 19.6 Å². The van der Waals surface area contributed by atoms with E-state index in [-0.39, 0.29) is 17.2 Å². The summed E-state index contributed by atoms with van der Waals surface area (Å²) in [7, 11) is 0. The number of nitrogens with zero attached hydrogens (tertiary/aromatic N) is 3. The Morgan fingerprint density at radius 1 is 1.26 bits per heavy atom. The molecular formula is C22H24N4O. The lowest BCUT2D eigenvalue weighted by molar-refractivity contribution is -0.123. The molecule has 27 heavy (non-hydrogen) atoms. The van der Waals surface area contributed by atoms with E-state index in [1.807, 2.05) is 18.2 Å². The average Bonchev–Trinajstić information content (AvgIpc) is 3.04. The standard InChI is InChI=1S/C22H24N4O/c23-9-13-26-11-7-22(8-12-26)14-19(18-5-1-2-6-20(18)22)21(27)25-16-17-4-3-10-24-15-17/h1-6,10,15,19H,7-8,11-14,16H2,(H,25,27). The van der Waals surface area contributed by atoms with E-state index in [1.54, 1.807) is 12.4 Å². The van der Waals surface area contributed by atoms with E-state index < -0.39 is 0 Å². The molecule has 0 saturated carbocycles. The summed E-state index contributed by atoms with van der Waals surface area (Å²) >= 11 is 0. The van der Waals surface area contributed by atoms with Crippen LogP contribution in [0.5, 0.6) is 0 Å². The second kappa shape index (κ2) is 7.50. The fourth-order valence-electron chi connectivity index (χ4n) is 4.66. The Bertz CT molecular complexity index is 850. The van der Waals surface area contributed by atoms with Crippen molar-refractivity contribution in [1.82, 2.24) is 15.2 Å². The van der Waals surface area contributed by atoms with Crippen LogP contribution >= 0.6 is 0 Å². The molecule has 5 nitrogen and oxygen atoms in total. The first-order valence-corrected chi connectivity index (χ1v) is 9.57. The predicted octanol–water partition coefficient (Wildman–Crippen LogP) is 2.74. The SMILES string of the molecule is N#CCN1CCC2(CC1)CC(C(=O)NCc1cccnc1)c1ccccc12. The quantitative estimate of drug-likeness (QED) is 0.851. The minimum atomic E-state index is -0.0969. The van der Waals surface area contributed by atoms with Gasteiger partial charge in [-0.05, 0) is 60.5 Å². The Hall–Kier alpha value is -2.71. The third-order valence-corrected chi connectivity index (χ3v) is 6.12. The Morgan fingerprint density at radius 3 is 2.81 bits per heavy atom. The maximum atomic E-state index is 13.0. The fraction of sp³-hybridized carbons (Fsp3) is 0.409. The van der Waals surface area contributed by atoms with Crippen molar-refractivity contribution in [3.8, 4) is 6.07 Å². The summed E-state index contributed by atoms with van der Waals surface area (Å²) in [5.41, 5.74) is 3.59. The number of hydrogen-bond donors (Lipinski definition) is 1. The number of amides is 1. The number of rotatable bonds is 4. The number of fused-ring (bicyclic) bond motifs is 2. The normalized spacial score (nSPS) is 20.8. The molecule has 2 heterocycles. The predicted molar refractivity (Wildman–Crippen MR) is 103 cm³/mol. The molecule has 4 rings (SSSR count). The van der Waals surface area contributed by atoms with Crippen molar-refractivity contribution in [3.05, 3.63) is 65.5 Å². The Morgan fingerprint density at radius 2 is 2.07 bits per heavy atom. The molecule has 1 spiro atoms. The molecule has 1 aromatic heterocycles. The zero-order valence-electron chi connectivity index (χ0n) is 15.4. The third kappa shape index (κ3) is 3.45. The van der Waals surface area contributed by atoms with Gasteiger partial charge < -0.3 is 5.32 Å². The molecule has 1 atom stereocenters. The van der Waals surface area contributed by atoms with E-state index in [4.69, 9.17) is 5.26 Å². The summed E-state index contributed by atoms with van der Waals surface area (Å²) in [5.74, 6) is 0.00280. The number of nitrogens with one attached hydrogen (secondary N) is 1. The summed E-state index contributed by atoms with van der Waals surface area (Å²) in [6.45, 7) is 2.85. The van der Waals surface area contributed by atoms with Gasteiger partial charge in [-0.2, -0.15) is 5.26 Å². The first kappa shape index (κ1) is 17.7. The molecule has 0 radical (unpaired) electrons. The molecule has 5 heteroatoms. The number of likely N-dealkylation sites (tertiary alicyclic amines) is 1. The molecule has 2 aromatic rings. The van der Waals surface area contributed by atoms with Gasteiger partial charge in [0.05, 0.1) is 18.5 Å². The summed E-state index contributed by atoms with van der Waals surface area (Å²) in [4.78, 5) is 19.3. The van der Waals surface area contributed by atoms with Gasteiger partial charge in [-0.1, -0.05) is 30.3 Å². The van der Waals surface area contributed by atoms with Crippen LogP contribution in [-0.4, -0.2) is 35.4 Å². The maximum Gasteiger partial charge on any atom is 0.227 e. The van der Waals surface area contributed by atoms with Crippen molar-refractivity contribution in [1.29, 1.82) is 5.26 Å². The third-order valence-electron chi connectivity index (χ3n) is 6.12. The second-order valence-corrected chi connectivity index (χ2v) is 7.64. The largest absolute Gasteiger partial charge is 0.351 e. The second-order valence-electron chi connectivity index (χ2n) is 7.64. The first-order chi connectivity index (χ1) is 13.2. The van der Waals surface area contributed by atoms with Gasteiger partial charge in [0.15, 0.2) is 0 Å². The minimum Gasteiger partial charge on any atom is -0.351 e. The lowest BCUT2D eigenvalue weighted by Crippen LogP contribution is -2.42. The summed E-state index contributed by atoms with van der Waals surface area (Å²) in [6.07, 6.45) is 6.41. The number of pyridine rings is 1. The van der Waals surface area contributed by atoms with Crippen LogP contribution in [0.4, 0.5) is 0 Å². The number of carbonyl (C=O) groups excluding carboxylic acids is 1. The van der Waals surface area contributed by atoms with Crippen molar-refractivity contribution in [2.24, 2.45) is 0 Å². The topological polar surface area (TPSA) is 69.0 Å². The van der Waals surface area contributed by atoms with Gasteiger partial charge in [-0.25, -0.2) is 0 Å². The first-order valence-electron chi connectivity index (χ1n) is 9.57. The average molecular weight is 360 g/mol. The fourth-order valence-corrected chi connectivity index (χ4v) is 4.66. The number of nitriles is 1. The van der Waals surface area contributed by atoms with Crippen molar-refractivity contribution >= 4 is 5.91 Å². The highest BCUT2D eigenvalue weighted by atomic mass is 16.1. The number of hydrogen-bond acceptors (Lipinski definition) is 4. The van der Waals surface area contributed by atoms with E-state index >= 15 is 0 Å². The molecule has 0 bridgehead atoms. The molecule has 1 aliphatic carbocycles. The number of piperidine rings is 1. The van der Waals surface area contributed by atoms with Crippen LogP contribution in [0.25, 0.3) is 0 Å².